The van der Waals surface area contributed by atoms with Crippen molar-refractivity contribution < 1.29 is 19.1 Å². The number of nitrogens with zero attached hydrogens (tertiary/aromatic N) is 1. The second-order valence-electron chi connectivity index (χ2n) is 4.98. The van der Waals surface area contributed by atoms with Crippen molar-refractivity contribution in [1.29, 1.82) is 0 Å². The molecule has 1 amide bonds. The molecule has 0 spiro atoms. The van der Waals surface area contributed by atoms with E-state index in [1.165, 1.54) is 7.11 Å². The van der Waals surface area contributed by atoms with Gasteiger partial charge in [-0.25, -0.2) is 0 Å². The summed E-state index contributed by atoms with van der Waals surface area (Å²) in [4.78, 5) is 25.5. The van der Waals surface area contributed by atoms with Crippen LogP contribution in [0.15, 0.2) is 0 Å². The van der Waals surface area contributed by atoms with Crippen LogP contribution in [-0.4, -0.2) is 50.7 Å². The van der Waals surface area contributed by atoms with Crippen LogP contribution in [0.3, 0.4) is 0 Å². The first-order chi connectivity index (χ1) is 7.94. The lowest BCUT2D eigenvalue weighted by Gasteiger charge is -2.39. The van der Waals surface area contributed by atoms with Gasteiger partial charge in [0, 0.05) is 13.6 Å². The first kappa shape index (κ1) is 14.0. The highest BCUT2D eigenvalue weighted by atomic mass is 16.5. The van der Waals surface area contributed by atoms with E-state index in [4.69, 9.17) is 4.74 Å². The van der Waals surface area contributed by atoms with Crippen molar-refractivity contribution in [3.63, 3.8) is 0 Å². The van der Waals surface area contributed by atoms with Crippen molar-refractivity contribution in [3.8, 4) is 0 Å². The Morgan fingerprint density at radius 1 is 1.41 bits per heavy atom. The summed E-state index contributed by atoms with van der Waals surface area (Å²) in [6, 6.07) is 0. The average Bonchev–Trinajstić information content (AvgIpc) is 2.23. The lowest BCUT2D eigenvalue weighted by Crippen LogP contribution is -2.59. The molecule has 0 aromatic carbocycles. The molecule has 5 heteroatoms. The van der Waals surface area contributed by atoms with Crippen molar-refractivity contribution in [2.45, 2.75) is 20.3 Å². The smallest absolute Gasteiger partial charge is 0.326 e. The Bertz CT molecular complexity index is 297. The quantitative estimate of drug-likeness (QED) is 0.526. The van der Waals surface area contributed by atoms with Crippen LogP contribution in [0.5, 0.6) is 0 Å². The van der Waals surface area contributed by atoms with Crippen molar-refractivity contribution in [1.82, 2.24) is 4.90 Å². The standard InChI is InChI=1S/C12H21NO4/c1-9(2)5-6-13(3)10(14)12(7-17-8-12)11(15)16-4/h9H,5-8H2,1-4H3. The molecule has 1 aliphatic heterocycles. The summed E-state index contributed by atoms with van der Waals surface area (Å²) >= 11 is 0. The highest BCUT2D eigenvalue weighted by Gasteiger charge is 2.55. The van der Waals surface area contributed by atoms with Crippen LogP contribution in [0.25, 0.3) is 0 Å². The van der Waals surface area contributed by atoms with E-state index in [1.54, 1.807) is 11.9 Å². The lowest BCUT2D eigenvalue weighted by atomic mass is 9.84. The Morgan fingerprint density at radius 3 is 2.35 bits per heavy atom. The van der Waals surface area contributed by atoms with Crippen LogP contribution < -0.4 is 0 Å². The van der Waals surface area contributed by atoms with E-state index in [0.717, 1.165) is 6.42 Å². The summed E-state index contributed by atoms with van der Waals surface area (Å²) in [7, 11) is 3.01. The van der Waals surface area contributed by atoms with Gasteiger partial charge >= 0.3 is 5.97 Å². The number of amides is 1. The van der Waals surface area contributed by atoms with Gasteiger partial charge in [-0.15, -0.1) is 0 Å². The van der Waals surface area contributed by atoms with Gasteiger partial charge in [0.2, 0.25) is 5.91 Å². The highest BCUT2D eigenvalue weighted by Crippen LogP contribution is 2.31. The van der Waals surface area contributed by atoms with Crippen molar-refractivity contribution >= 4 is 11.9 Å². The number of hydrogen-bond acceptors (Lipinski definition) is 4. The van der Waals surface area contributed by atoms with Crippen molar-refractivity contribution in [3.05, 3.63) is 0 Å². The number of hydrogen-bond donors (Lipinski definition) is 0. The Morgan fingerprint density at radius 2 is 2.00 bits per heavy atom. The molecule has 17 heavy (non-hydrogen) atoms. The maximum absolute atomic E-state index is 12.2. The molecule has 0 unspecified atom stereocenters. The summed E-state index contributed by atoms with van der Waals surface area (Å²) < 4.78 is 9.70. The molecule has 0 aliphatic carbocycles. The van der Waals surface area contributed by atoms with Crippen LogP contribution in [-0.2, 0) is 19.1 Å². The van der Waals surface area contributed by atoms with Crippen LogP contribution in [0.4, 0.5) is 0 Å². The molecule has 5 nitrogen and oxygen atoms in total. The number of rotatable bonds is 5. The predicted octanol–water partition coefficient (Wildman–Crippen LogP) is 0.680. The average molecular weight is 243 g/mol. The van der Waals surface area contributed by atoms with Crippen LogP contribution >= 0.6 is 0 Å². The SMILES string of the molecule is COC(=O)C1(C(=O)N(C)CCC(C)C)COC1. The molecule has 98 valence electrons. The number of esters is 1. The van der Waals surface area contributed by atoms with E-state index < -0.39 is 11.4 Å². The molecule has 1 heterocycles. The molecule has 0 N–H and O–H groups in total. The Hall–Kier alpha value is -1.10. The zero-order chi connectivity index (χ0) is 13.1. The summed E-state index contributed by atoms with van der Waals surface area (Å²) in [5.74, 6) is -0.168. The van der Waals surface area contributed by atoms with Crippen LogP contribution in [0.2, 0.25) is 0 Å². The molecular weight excluding hydrogens is 222 g/mol. The molecule has 0 atom stereocenters. The zero-order valence-electron chi connectivity index (χ0n) is 11.0. The van der Waals surface area contributed by atoms with Gasteiger partial charge in [0.05, 0.1) is 20.3 Å². The fourth-order valence-corrected chi connectivity index (χ4v) is 1.75. The van der Waals surface area contributed by atoms with E-state index >= 15 is 0 Å². The van der Waals surface area contributed by atoms with E-state index in [9.17, 15) is 9.59 Å². The number of carbonyl (C=O) groups is 2. The van der Waals surface area contributed by atoms with Crippen LogP contribution in [0, 0.1) is 11.3 Å². The van der Waals surface area contributed by atoms with E-state index in [2.05, 4.69) is 18.6 Å². The third-order valence-electron chi connectivity index (χ3n) is 3.07. The molecule has 0 aromatic rings. The van der Waals surface area contributed by atoms with Gasteiger partial charge in [0.25, 0.3) is 0 Å². The Balaban J connectivity index is 2.63. The molecule has 1 aliphatic rings. The van der Waals surface area contributed by atoms with Crippen molar-refractivity contribution in [2.75, 3.05) is 33.9 Å². The maximum atomic E-state index is 12.2. The highest BCUT2D eigenvalue weighted by molar-refractivity contribution is 6.03. The van der Waals surface area contributed by atoms with Gasteiger partial charge in [-0.2, -0.15) is 0 Å². The van der Waals surface area contributed by atoms with Gasteiger partial charge in [-0.1, -0.05) is 13.8 Å². The van der Waals surface area contributed by atoms with Gasteiger partial charge in [0.1, 0.15) is 0 Å². The second kappa shape index (κ2) is 5.49. The molecule has 0 aromatic heterocycles. The van der Waals surface area contributed by atoms with E-state index in [1.807, 2.05) is 0 Å². The maximum Gasteiger partial charge on any atom is 0.326 e. The van der Waals surface area contributed by atoms with Gasteiger partial charge < -0.3 is 14.4 Å². The largest absolute Gasteiger partial charge is 0.468 e. The molecule has 0 bridgehead atoms. The Labute approximate surface area is 102 Å². The monoisotopic (exact) mass is 243 g/mol. The summed E-state index contributed by atoms with van der Waals surface area (Å²) in [6.45, 7) is 5.10. The fourth-order valence-electron chi connectivity index (χ4n) is 1.75. The first-order valence-corrected chi connectivity index (χ1v) is 5.86. The minimum absolute atomic E-state index is 0.129. The predicted molar refractivity (Wildman–Crippen MR) is 62.4 cm³/mol. The topological polar surface area (TPSA) is 55.8 Å². The van der Waals surface area contributed by atoms with E-state index in [-0.39, 0.29) is 19.1 Å². The van der Waals surface area contributed by atoms with Gasteiger partial charge in [-0.3, -0.25) is 9.59 Å². The minimum Gasteiger partial charge on any atom is -0.468 e. The number of ether oxygens (including phenoxy) is 2. The van der Waals surface area contributed by atoms with Crippen molar-refractivity contribution in [2.24, 2.45) is 11.3 Å². The number of carbonyl (C=O) groups excluding carboxylic acids is 2. The van der Waals surface area contributed by atoms with E-state index in [0.29, 0.717) is 12.5 Å². The summed E-state index contributed by atoms with van der Waals surface area (Å²) in [5, 5.41) is 0. The minimum atomic E-state index is -1.10. The fraction of sp³-hybridized carbons (Fsp3) is 0.833. The van der Waals surface area contributed by atoms with Crippen LogP contribution in [0.1, 0.15) is 20.3 Å². The molecule has 1 fully saturated rings. The molecule has 1 rings (SSSR count). The number of methoxy groups -OCH3 is 1. The normalized spacial score (nSPS) is 17.5. The lowest BCUT2D eigenvalue weighted by molar-refractivity contribution is -0.193. The molecule has 1 saturated heterocycles. The summed E-state index contributed by atoms with van der Waals surface area (Å²) in [5.41, 5.74) is -1.10. The third kappa shape index (κ3) is 2.77. The Kier molecular flexibility index (Phi) is 4.51. The molecular formula is C12H21NO4. The van der Waals surface area contributed by atoms with Gasteiger partial charge in [-0.05, 0) is 12.3 Å². The second-order valence-corrected chi connectivity index (χ2v) is 4.98. The zero-order valence-corrected chi connectivity index (χ0v) is 11.0. The first-order valence-electron chi connectivity index (χ1n) is 5.86. The van der Waals surface area contributed by atoms with Gasteiger partial charge in [0.15, 0.2) is 5.41 Å². The summed E-state index contributed by atoms with van der Waals surface area (Å²) in [6.07, 6.45) is 0.917. The third-order valence-corrected chi connectivity index (χ3v) is 3.07. The molecule has 0 saturated carbocycles. The molecule has 0 radical (unpaired) electrons.